The van der Waals surface area contributed by atoms with Crippen molar-refractivity contribution in [2.75, 3.05) is 13.2 Å². The number of hydrogen-bond donors (Lipinski definition) is 1. The zero-order valence-electron chi connectivity index (χ0n) is 20.3. The van der Waals surface area contributed by atoms with Crippen LogP contribution in [0.1, 0.15) is 50.4 Å². The fraction of sp³-hybridized carbons (Fsp3) is 0.321. The number of benzene rings is 2. The molecule has 1 amide bonds. The van der Waals surface area contributed by atoms with Gasteiger partial charge >= 0.3 is 0 Å². The maximum atomic E-state index is 13.7. The van der Waals surface area contributed by atoms with Crippen molar-refractivity contribution >= 4 is 23.0 Å². The second-order valence-corrected chi connectivity index (χ2v) is 10.3. The van der Waals surface area contributed by atoms with Crippen LogP contribution in [-0.4, -0.2) is 45.9 Å². The monoisotopic (exact) mass is 504 g/mol. The van der Waals surface area contributed by atoms with Crippen LogP contribution in [0.2, 0.25) is 0 Å². The van der Waals surface area contributed by atoms with E-state index in [-0.39, 0.29) is 17.5 Å². The number of hydrogen-bond acceptors (Lipinski definition) is 7. The third-order valence-corrected chi connectivity index (χ3v) is 7.58. The molecular weight excluding hydrogens is 476 g/mol. The number of aliphatic hydroxyl groups is 1. The average molecular weight is 505 g/mol. The van der Waals surface area contributed by atoms with Gasteiger partial charge in [-0.05, 0) is 49.9 Å². The molecule has 0 bridgehead atoms. The quantitative estimate of drug-likeness (QED) is 0.430. The Balaban J connectivity index is 1.50. The Morgan fingerprint density at radius 3 is 2.69 bits per heavy atom. The maximum Gasteiger partial charge on any atom is 0.290 e. The second kappa shape index (κ2) is 10.2. The summed E-state index contributed by atoms with van der Waals surface area (Å²) in [5.41, 5.74) is 2.39. The molecule has 1 aromatic heterocycles. The number of nitrogens with zero attached hydrogens (tertiary/aromatic N) is 2. The summed E-state index contributed by atoms with van der Waals surface area (Å²) in [4.78, 5) is 33.3. The average Bonchev–Trinajstić information content (AvgIpc) is 3.58. The first-order valence-electron chi connectivity index (χ1n) is 12.0. The van der Waals surface area contributed by atoms with Gasteiger partial charge in [-0.3, -0.25) is 9.59 Å². The molecule has 2 atom stereocenters. The van der Waals surface area contributed by atoms with E-state index in [0.29, 0.717) is 41.6 Å². The molecule has 0 spiro atoms. The van der Waals surface area contributed by atoms with Gasteiger partial charge in [0.05, 0.1) is 33.3 Å². The minimum atomic E-state index is -0.753. The van der Waals surface area contributed by atoms with E-state index in [4.69, 9.17) is 9.47 Å². The summed E-state index contributed by atoms with van der Waals surface area (Å²) in [6.45, 7) is 4.92. The van der Waals surface area contributed by atoms with Crippen molar-refractivity contribution in [3.8, 4) is 5.75 Å². The molecule has 0 radical (unpaired) electrons. The Labute approximate surface area is 214 Å². The Bertz CT molecular complexity index is 1310. The molecule has 2 aromatic carbocycles. The largest absolute Gasteiger partial charge is 0.503 e. The van der Waals surface area contributed by atoms with Crippen molar-refractivity contribution in [3.63, 3.8) is 0 Å². The third-order valence-electron chi connectivity index (χ3n) is 6.50. The zero-order chi connectivity index (χ0) is 25.2. The van der Waals surface area contributed by atoms with Gasteiger partial charge in [-0.2, -0.15) is 0 Å². The minimum Gasteiger partial charge on any atom is -0.503 e. The molecule has 0 saturated carbocycles. The molecule has 3 aromatic rings. The fourth-order valence-corrected chi connectivity index (χ4v) is 5.68. The molecule has 0 aliphatic carbocycles. The van der Waals surface area contributed by atoms with E-state index in [1.165, 1.54) is 11.3 Å². The van der Waals surface area contributed by atoms with E-state index in [1.807, 2.05) is 61.5 Å². The van der Waals surface area contributed by atoms with Crippen molar-refractivity contribution in [1.29, 1.82) is 0 Å². The number of amides is 1. The lowest BCUT2D eigenvalue weighted by atomic mass is 9.94. The number of aromatic nitrogens is 1. The molecule has 36 heavy (non-hydrogen) atoms. The number of aryl methyl sites for hydroxylation is 2. The van der Waals surface area contributed by atoms with Gasteiger partial charge in [0, 0.05) is 13.2 Å². The van der Waals surface area contributed by atoms with Gasteiger partial charge in [0.1, 0.15) is 12.4 Å². The second-order valence-electron chi connectivity index (χ2n) is 9.08. The summed E-state index contributed by atoms with van der Waals surface area (Å²) < 4.78 is 11.8. The molecule has 8 heteroatoms. The van der Waals surface area contributed by atoms with Crippen LogP contribution in [-0.2, 0) is 16.1 Å². The van der Waals surface area contributed by atoms with Gasteiger partial charge in [0.25, 0.3) is 5.91 Å². The van der Waals surface area contributed by atoms with Crippen molar-refractivity contribution in [1.82, 2.24) is 9.88 Å². The Kier molecular flexibility index (Phi) is 6.89. The smallest absolute Gasteiger partial charge is 0.290 e. The normalized spacial score (nSPS) is 19.8. The Morgan fingerprint density at radius 2 is 2.00 bits per heavy atom. The summed E-state index contributed by atoms with van der Waals surface area (Å²) in [6, 6.07) is 16.4. The highest BCUT2D eigenvalue weighted by molar-refractivity contribution is 7.14. The lowest BCUT2D eigenvalue weighted by Crippen LogP contribution is -2.37. The predicted molar refractivity (Wildman–Crippen MR) is 136 cm³/mol. The summed E-state index contributed by atoms with van der Waals surface area (Å²) in [5, 5.41) is 11.7. The topological polar surface area (TPSA) is 89.0 Å². The van der Waals surface area contributed by atoms with Crippen molar-refractivity contribution in [2.24, 2.45) is 0 Å². The first-order chi connectivity index (χ1) is 17.4. The number of Topliss-reactive ketones (excluding diaryl/α,β-unsaturated/α-hetero) is 1. The summed E-state index contributed by atoms with van der Waals surface area (Å²) in [5.74, 6) is -0.833. The van der Waals surface area contributed by atoms with Crippen LogP contribution >= 0.6 is 11.3 Å². The van der Waals surface area contributed by atoms with Crippen LogP contribution in [0.4, 0.5) is 0 Å². The van der Waals surface area contributed by atoms with Gasteiger partial charge in [-0.1, -0.05) is 42.5 Å². The summed E-state index contributed by atoms with van der Waals surface area (Å²) in [6.07, 6.45) is 1.61. The van der Waals surface area contributed by atoms with Crippen molar-refractivity contribution < 1.29 is 24.2 Å². The van der Waals surface area contributed by atoms with Gasteiger partial charge < -0.3 is 19.5 Å². The van der Waals surface area contributed by atoms with Crippen LogP contribution < -0.4 is 4.74 Å². The third kappa shape index (κ3) is 4.79. The number of carbonyl (C=O) groups is 2. The first-order valence-corrected chi connectivity index (χ1v) is 12.8. The minimum absolute atomic E-state index is 0.0740. The number of aliphatic hydroxyl groups excluding tert-OH is 1. The number of ketones is 1. The summed E-state index contributed by atoms with van der Waals surface area (Å²) >= 11 is 1.27. The highest BCUT2D eigenvalue weighted by atomic mass is 32.1. The van der Waals surface area contributed by atoms with Crippen LogP contribution in [0.5, 0.6) is 5.75 Å². The molecule has 1 fully saturated rings. The number of ether oxygens (including phenoxy) is 2. The number of rotatable bonds is 8. The van der Waals surface area contributed by atoms with Gasteiger partial charge in [-0.15, -0.1) is 11.3 Å². The van der Waals surface area contributed by atoms with E-state index < -0.39 is 17.7 Å². The molecular formula is C28H28N2O5S. The van der Waals surface area contributed by atoms with Crippen molar-refractivity contribution in [2.45, 2.75) is 45.4 Å². The molecule has 2 aliphatic rings. The first kappa shape index (κ1) is 24.2. The highest BCUT2D eigenvalue weighted by Gasteiger charge is 2.45. The van der Waals surface area contributed by atoms with Gasteiger partial charge in [0.2, 0.25) is 5.78 Å². The lowest BCUT2D eigenvalue weighted by molar-refractivity contribution is -0.131. The SMILES string of the molecule is Cc1nc(C)c(C(=O)C2=C(O)C(=O)N(CC3CCCO3)C2c2cccc(OCc3ccccc3)c2)s1. The zero-order valence-corrected chi connectivity index (χ0v) is 21.1. The Morgan fingerprint density at radius 1 is 1.19 bits per heavy atom. The van der Waals surface area contributed by atoms with Gasteiger partial charge in [0.15, 0.2) is 5.76 Å². The predicted octanol–water partition coefficient (Wildman–Crippen LogP) is 5.10. The maximum absolute atomic E-state index is 13.7. The fourth-order valence-electron chi connectivity index (χ4n) is 4.81. The molecule has 1 saturated heterocycles. The molecule has 3 heterocycles. The van der Waals surface area contributed by atoms with Crippen LogP contribution in [0.15, 0.2) is 65.9 Å². The van der Waals surface area contributed by atoms with Crippen LogP contribution in [0.25, 0.3) is 0 Å². The number of thiazole rings is 1. The Hall–Kier alpha value is -3.49. The summed E-state index contributed by atoms with van der Waals surface area (Å²) in [7, 11) is 0. The molecule has 186 valence electrons. The van der Waals surface area contributed by atoms with E-state index in [0.717, 1.165) is 23.4 Å². The van der Waals surface area contributed by atoms with Crippen LogP contribution in [0, 0.1) is 13.8 Å². The lowest BCUT2D eigenvalue weighted by Gasteiger charge is -2.29. The van der Waals surface area contributed by atoms with E-state index >= 15 is 0 Å². The van der Waals surface area contributed by atoms with Crippen molar-refractivity contribution in [3.05, 3.63) is 92.6 Å². The van der Waals surface area contributed by atoms with Crippen LogP contribution in [0.3, 0.4) is 0 Å². The molecule has 5 rings (SSSR count). The highest BCUT2D eigenvalue weighted by Crippen LogP contribution is 2.41. The number of carbonyl (C=O) groups excluding carboxylic acids is 2. The molecule has 2 aliphatic heterocycles. The standard InChI is InChI=1S/C28H28N2O5S/c1-17-27(36-18(2)29-17)25(31)23-24(30(28(33)26(23)32)15-22-12-7-13-34-22)20-10-6-11-21(14-20)35-16-19-8-4-3-5-9-19/h3-6,8-11,14,22,24,32H,7,12-13,15-16H2,1-2H3. The van der Waals surface area contributed by atoms with E-state index in [2.05, 4.69) is 4.98 Å². The van der Waals surface area contributed by atoms with E-state index in [1.54, 1.807) is 11.8 Å². The van der Waals surface area contributed by atoms with E-state index in [9.17, 15) is 14.7 Å². The molecule has 7 nitrogen and oxygen atoms in total. The molecule has 1 N–H and O–H groups in total. The molecule has 2 unspecified atom stereocenters. The van der Waals surface area contributed by atoms with Gasteiger partial charge in [-0.25, -0.2) is 4.98 Å².